The summed E-state index contributed by atoms with van der Waals surface area (Å²) in [6.07, 6.45) is 2.43. The first kappa shape index (κ1) is 19.2. The molecule has 0 aliphatic rings. The molecule has 1 heterocycles. The molecule has 0 radical (unpaired) electrons. The second-order valence-electron chi connectivity index (χ2n) is 6.19. The van der Waals surface area contributed by atoms with Crippen molar-refractivity contribution in [1.29, 1.82) is 0 Å². The maximum atomic E-state index is 6.29. The molecule has 3 aromatic rings. The van der Waals surface area contributed by atoms with Crippen LogP contribution in [0.2, 0.25) is 5.02 Å². The largest absolute Gasteiger partial charge is 0.490 e. The summed E-state index contributed by atoms with van der Waals surface area (Å²) < 4.78 is 11.7. The van der Waals surface area contributed by atoms with Gasteiger partial charge < -0.3 is 15.2 Å². The summed E-state index contributed by atoms with van der Waals surface area (Å²) in [6, 6.07) is 19.1. The third-order valence-corrected chi connectivity index (χ3v) is 4.39. The van der Waals surface area contributed by atoms with Crippen molar-refractivity contribution >= 4 is 11.6 Å². The Bertz CT molecular complexity index is 854. The Hall–Kier alpha value is -2.56. The number of nitrogens with zero attached hydrogens (tertiary/aromatic N) is 1. The van der Waals surface area contributed by atoms with E-state index in [0.29, 0.717) is 30.4 Å². The molecule has 0 aliphatic heterocycles. The lowest BCUT2D eigenvalue weighted by Gasteiger charge is -2.15. The number of nitrogens with two attached hydrogens (primary N) is 1. The second kappa shape index (κ2) is 9.40. The average Bonchev–Trinajstić information content (AvgIpc) is 2.69. The first-order chi connectivity index (χ1) is 13.2. The minimum atomic E-state index is -0.165. The second-order valence-corrected chi connectivity index (χ2v) is 6.63. The number of benzene rings is 2. The summed E-state index contributed by atoms with van der Waals surface area (Å²) in [7, 11) is 0. The smallest absolute Gasteiger partial charge is 0.161 e. The molecule has 1 atom stereocenters. The van der Waals surface area contributed by atoms with Gasteiger partial charge in [-0.3, -0.25) is 4.98 Å². The molecule has 0 fully saturated rings. The topological polar surface area (TPSA) is 57.4 Å². The number of hydrogen-bond donors (Lipinski definition) is 1. The fourth-order valence-electron chi connectivity index (χ4n) is 2.76. The summed E-state index contributed by atoms with van der Waals surface area (Å²) in [5.74, 6) is 1.43. The van der Waals surface area contributed by atoms with Gasteiger partial charge in [0, 0.05) is 11.2 Å². The molecule has 0 aliphatic carbocycles. The summed E-state index contributed by atoms with van der Waals surface area (Å²) in [5, 5.41) is 0.711. The van der Waals surface area contributed by atoms with Gasteiger partial charge in [0.05, 0.1) is 18.3 Å². The first-order valence-corrected chi connectivity index (χ1v) is 9.33. The van der Waals surface area contributed by atoms with Crippen LogP contribution in [0, 0.1) is 0 Å². The maximum absolute atomic E-state index is 6.29. The van der Waals surface area contributed by atoms with Crippen molar-refractivity contribution in [2.24, 2.45) is 5.73 Å². The minimum absolute atomic E-state index is 0.165. The van der Waals surface area contributed by atoms with Crippen LogP contribution in [0.25, 0.3) is 0 Å². The molecule has 1 aromatic heterocycles. The van der Waals surface area contributed by atoms with Crippen molar-refractivity contribution in [3.63, 3.8) is 0 Å². The molecule has 2 aromatic carbocycles. The first-order valence-electron chi connectivity index (χ1n) is 8.95. The zero-order valence-corrected chi connectivity index (χ0v) is 16.0. The van der Waals surface area contributed by atoms with Crippen molar-refractivity contribution in [3.05, 3.63) is 88.7 Å². The Balaban J connectivity index is 1.71. The Morgan fingerprint density at radius 2 is 1.74 bits per heavy atom. The van der Waals surface area contributed by atoms with Crippen LogP contribution < -0.4 is 15.2 Å². The van der Waals surface area contributed by atoms with Gasteiger partial charge in [-0.25, -0.2) is 0 Å². The summed E-state index contributed by atoms with van der Waals surface area (Å²) in [4.78, 5) is 4.33. The zero-order chi connectivity index (χ0) is 19.1. The van der Waals surface area contributed by atoms with E-state index in [0.717, 1.165) is 22.6 Å². The number of halogens is 1. The van der Waals surface area contributed by atoms with Gasteiger partial charge in [0.2, 0.25) is 0 Å². The quantitative estimate of drug-likeness (QED) is 0.598. The Labute approximate surface area is 164 Å². The lowest BCUT2D eigenvalue weighted by molar-refractivity contribution is 0.269. The molecular weight excluding hydrogens is 360 g/mol. The van der Waals surface area contributed by atoms with Gasteiger partial charge in [0.15, 0.2) is 11.5 Å². The Morgan fingerprint density at radius 3 is 2.44 bits per heavy atom. The zero-order valence-electron chi connectivity index (χ0n) is 15.3. The van der Waals surface area contributed by atoms with Crippen molar-refractivity contribution in [1.82, 2.24) is 4.98 Å². The molecule has 140 valence electrons. The highest BCUT2D eigenvalue weighted by atomic mass is 35.5. The molecule has 1 unspecified atom stereocenters. The number of pyridine rings is 1. The Morgan fingerprint density at radius 1 is 0.963 bits per heavy atom. The van der Waals surface area contributed by atoms with E-state index in [4.69, 9.17) is 26.8 Å². The lowest BCUT2D eigenvalue weighted by atomic mass is 10.0. The monoisotopic (exact) mass is 382 g/mol. The van der Waals surface area contributed by atoms with Gasteiger partial charge in [-0.15, -0.1) is 0 Å². The van der Waals surface area contributed by atoms with Crippen molar-refractivity contribution < 1.29 is 9.47 Å². The van der Waals surface area contributed by atoms with Gasteiger partial charge in [-0.2, -0.15) is 0 Å². The van der Waals surface area contributed by atoms with Crippen LogP contribution in [0.4, 0.5) is 0 Å². The van der Waals surface area contributed by atoms with Crippen LogP contribution in [0.1, 0.15) is 29.8 Å². The van der Waals surface area contributed by atoms with Gasteiger partial charge in [-0.1, -0.05) is 35.9 Å². The van der Waals surface area contributed by atoms with Crippen LogP contribution in [0.5, 0.6) is 11.5 Å². The van der Waals surface area contributed by atoms with Crippen LogP contribution in [-0.2, 0) is 13.0 Å². The molecule has 4 nitrogen and oxygen atoms in total. The standard InChI is InChI=1S/C22H23ClN2O2/c1-2-26-22-14-17(13-19(24)20-5-3-4-12-25-20)8-11-21(22)27-15-16-6-9-18(23)10-7-16/h3-12,14,19H,2,13,15,24H2,1H3. The normalized spacial score (nSPS) is 11.8. The van der Waals surface area contributed by atoms with Crippen LogP contribution in [0.3, 0.4) is 0 Å². The summed E-state index contributed by atoms with van der Waals surface area (Å²) >= 11 is 5.92. The highest BCUT2D eigenvalue weighted by Crippen LogP contribution is 2.30. The third-order valence-electron chi connectivity index (χ3n) is 4.14. The fourth-order valence-corrected chi connectivity index (χ4v) is 2.89. The van der Waals surface area contributed by atoms with Crippen LogP contribution in [-0.4, -0.2) is 11.6 Å². The van der Waals surface area contributed by atoms with E-state index >= 15 is 0 Å². The maximum Gasteiger partial charge on any atom is 0.161 e. The summed E-state index contributed by atoms with van der Waals surface area (Å²) in [5.41, 5.74) is 9.29. The van der Waals surface area contributed by atoms with E-state index in [1.165, 1.54) is 0 Å². The predicted octanol–water partition coefficient (Wildman–Crippen LogP) is 4.96. The number of hydrogen-bond acceptors (Lipinski definition) is 4. The van der Waals surface area contributed by atoms with Gasteiger partial charge in [0.1, 0.15) is 6.61 Å². The molecule has 27 heavy (non-hydrogen) atoms. The van der Waals surface area contributed by atoms with E-state index in [9.17, 15) is 0 Å². The van der Waals surface area contributed by atoms with Crippen molar-refractivity contribution in [3.8, 4) is 11.5 Å². The number of rotatable bonds is 8. The molecule has 3 rings (SSSR count). The molecule has 0 amide bonds. The predicted molar refractivity (Wildman–Crippen MR) is 108 cm³/mol. The molecule has 0 saturated heterocycles. The third kappa shape index (κ3) is 5.46. The minimum Gasteiger partial charge on any atom is -0.490 e. The Kier molecular flexibility index (Phi) is 6.69. The molecule has 0 spiro atoms. The molecule has 2 N–H and O–H groups in total. The van der Waals surface area contributed by atoms with E-state index in [1.54, 1.807) is 6.20 Å². The van der Waals surface area contributed by atoms with Crippen LogP contribution in [0.15, 0.2) is 66.9 Å². The van der Waals surface area contributed by atoms with E-state index < -0.39 is 0 Å². The van der Waals surface area contributed by atoms with E-state index in [1.807, 2.05) is 67.6 Å². The molecular formula is C22H23ClN2O2. The van der Waals surface area contributed by atoms with E-state index in [2.05, 4.69) is 4.98 Å². The van der Waals surface area contributed by atoms with Crippen LogP contribution >= 0.6 is 11.6 Å². The van der Waals surface area contributed by atoms with Gasteiger partial charge in [-0.05, 0) is 60.9 Å². The average molecular weight is 383 g/mol. The molecule has 5 heteroatoms. The van der Waals surface area contributed by atoms with E-state index in [-0.39, 0.29) is 6.04 Å². The highest BCUT2D eigenvalue weighted by Gasteiger charge is 2.12. The van der Waals surface area contributed by atoms with Gasteiger partial charge in [0.25, 0.3) is 0 Å². The molecule has 0 saturated carbocycles. The number of ether oxygens (including phenoxy) is 2. The van der Waals surface area contributed by atoms with Crippen molar-refractivity contribution in [2.75, 3.05) is 6.61 Å². The van der Waals surface area contributed by atoms with Gasteiger partial charge >= 0.3 is 0 Å². The summed E-state index contributed by atoms with van der Waals surface area (Å²) in [6.45, 7) is 2.96. The SMILES string of the molecule is CCOc1cc(CC(N)c2ccccn2)ccc1OCc1ccc(Cl)cc1. The lowest BCUT2D eigenvalue weighted by Crippen LogP contribution is -2.14. The van der Waals surface area contributed by atoms with Crippen molar-refractivity contribution in [2.45, 2.75) is 26.0 Å². The molecule has 0 bridgehead atoms. The highest BCUT2D eigenvalue weighted by molar-refractivity contribution is 6.30. The fraction of sp³-hybridized carbons (Fsp3) is 0.227. The number of aromatic nitrogens is 1.